The highest BCUT2D eigenvalue weighted by Crippen LogP contribution is 2.38. The molecule has 0 aromatic carbocycles. The fourth-order valence-electron chi connectivity index (χ4n) is 2.77. The van der Waals surface area contributed by atoms with Gasteiger partial charge in [-0.2, -0.15) is 0 Å². The van der Waals surface area contributed by atoms with Gasteiger partial charge < -0.3 is 28.5 Å². The number of aliphatic hydroxyl groups is 1. The van der Waals surface area contributed by atoms with Gasteiger partial charge in [-0.1, -0.05) is 33.4 Å². The van der Waals surface area contributed by atoms with E-state index in [0.29, 0.717) is 13.2 Å². The summed E-state index contributed by atoms with van der Waals surface area (Å²) in [5.41, 5.74) is 1.55. The number of hydrogen-bond donors (Lipinski definition) is 1. The first-order valence-corrected chi connectivity index (χ1v) is 12.7. The molecule has 7 heteroatoms. The smallest absolute Gasteiger partial charge is 0.192 e. The quantitative estimate of drug-likeness (QED) is 0.251. The van der Waals surface area contributed by atoms with Gasteiger partial charge in [0.15, 0.2) is 14.1 Å². The number of ether oxygens (including phenoxy) is 4. The molecule has 1 heterocycles. The standard InChI is InChI=1S/C21H40O6Si/c1-11-16(12-24-14-23-8)15(2)18(22)19-17(26-21(6,7)27-19)13-25-28(9,10)20(3,4)5/h11,17-19,22H,1,12-14H2,2-10H3/b16-15-/t17-,18-,19+/m0/s1. The molecule has 0 radical (unpaired) electrons. The number of hydrogen-bond acceptors (Lipinski definition) is 6. The minimum atomic E-state index is -1.94. The van der Waals surface area contributed by atoms with Crippen molar-refractivity contribution in [3.05, 3.63) is 23.8 Å². The lowest BCUT2D eigenvalue weighted by atomic mass is 9.97. The highest BCUT2D eigenvalue weighted by atomic mass is 28.4. The predicted molar refractivity (Wildman–Crippen MR) is 114 cm³/mol. The summed E-state index contributed by atoms with van der Waals surface area (Å²) in [4.78, 5) is 0. The summed E-state index contributed by atoms with van der Waals surface area (Å²) in [6.45, 7) is 21.3. The third kappa shape index (κ3) is 6.76. The van der Waals surface area contributed by atoms with Gasteiger partial charge in [0.05, 0.1) is 13.2 Å². The highest BCUT2D eigenvalue weighted by Gasteiger charge is 2.47. The monoisotopic (exact) mass is 416 g/mol. The van der Waals surface area contributed by atoms with Crippen molar-refractivity contribution in [1.82, 2.24) is 0 Å². The Morgan fingerprint density at radius 1 is 1.29 bits per heavy atom. The maximum absolute atomic E-state index is 11.0. The SMILES string of the molecule is C=C/C(COCOC)=C(\C)[C@H](O)[C@@H]1OC(C)(C)O[C@H]1CO[Si](C)(C)C(C)(C)C. The first-order valence-electron chi connectivity index (χ1n) is 9.82. The van der Waals surface area contributed by atoms with Crippen LogP contribution in [0.4, 0.5) is 0 Å². The zero-order chi connectivity index (χ0) is 21.8. The molecule has 1 aliphatic heterocycles. The second kappa shape index (κ2) is 9.98. The van der Waals surface area contributed by atoms with Crippen molar-refractivity contribution in [3.63, 3.8) is 0 Å². The van der Waals surface area contributed by atoms with Gasteiger partial charge in [0.1, 0.15) is 25.1 Å². The summed E-state index contributed by atoms with van der Waals surface area (Å²) in [6.07, 6.45) is -0.0536. The molecule has 0 amide bonds. The van der Waals surface area contributed by atoms with Crippen LogP contribution < -0.4 is 0 Å². The van der Waals surface area contributed by atoms with E-state index in [1.54, 1.807) is 13.2 Å². The van der Waals surface area contributed by atoms with Crippen molar-refractivity contribution in [2.24, 2.45) is 0 Å². The molecule has 1 aliphatic rings. The van der Waals surface area contributed by atoms with Crippen LogP contribution in [0.15, 0.2) is 23.8 Å². The Morgan fingerprint density at radius 2 is 1.89 bits per heavy atom. The first-order chi connectivity index (χ1) is 12.8. The Bertz CT molecular complexity index is 550. The maximum Gasteiger partial charge on any atom is 0.192 e. The van der Waals surface area contributed by atoms with Crippen molar-refractivity contribution >= 4 is 8.32 Å². The fraction of sp³-hybridized carbons (Fsp3) is 0.810. The molecule has 3 atom stereocenters. The summed E-state index contributed by atoms with van der Waals surface area (Å²) in [5, 5.41) is 11.1. The second-order valence-corrected chi connectivity index (χ2v) is 14.1. The lowest BCUT2D eigenvalue weighted by Gasteiger charge is -2.37. The van der Waals surface area contributed by atoms with Gasteiger partial charge in [-0.25, -0.2) is 0 Å². The second-order valence-electron chi connectivity index (χ2n) is 9.32. The average Bonchev–Trinajstić information content (AvgIpc) is 2.89. The average molecular weight is 417 g/mol. The molecular formula is C21H40O6Si. The Labute approximate surface area is 172 Å². The van der Waals surface area contributed by atoms with E-state index in [4.69, 9.17) is 23.4 Å². The van der Waals surface area contributed by atoms with E-state index in [9.17, 15) is 5.11 Å². The molecule has 0 spiro atoms. The highest BCUT2D eigenvalue weighted by molar-refractivity contribution is 6.74. The molecule has 0 aromatic rings. The van der Waals surface area contributed by atoms with Crippen LogP contribution in [0, 0.1) is 0 Å². The van der Waals surface area contributed by atoms with Gasteiger partial charge in [-0.15, -0.1) is 0 Å². The Hall–Kier alpha value is -0.543. The van der Waals surface area contributed by atoms with Gasteiger partial charge in [-0.05, 0) is 50.0 Å². The van der Waals surface area contributed by atoms with Gasteiger partial charge >= 0.3 is 0 Å². The maximum atomic E-state index is 11.0. The van der Waals surface area contributed by atoms with E-state index in [1.165, 1.54) is 0 Å². The number of aliphatic hydroxyl groups excluding tert-OH is 1. The fourth-order valence-corrected chi connectivity index (χ4v) is 3.79. The zero-order valence-electron chi connectivity index (χ0n) is 19.1. The third-order valence-corrected chi connectivity index (χ3v) is 10.1. The molecule has 164 valence electrons. The molecule has 28 heavy (non-hydrogen) atoms. The predicted octanol–water partition coefficient (Wildman–Crippen LogP) is 4.01. The summed E-state index contributed by atoms with van der Waals surface area (Å²) in [5.74, 6) is -0.783. The molecule has 0 unspecified atom stereocenters. The van der Waals surface area contributed by atoms with E-state index in [-0.39, 0.29) is 17.9 Å². The minimum absolute atomic E-state index is 0.0978. The summed E-state index contributed by atoms with van der Waals surface area (Å²) >= 11 is 0. The molecule has 6 nitrogen and oxygen atoms in total. The van der Waals surface area contributed by atoms with Crippen LogP contribution in [0.5, 0.6) is 0 Å². The summed E-state index contributed by atoms with van der Waals surface area (Å²) in [6, 6.07) is 0. The molecule has 1 saturated heterocycles. The van der Waals surface area contributed by atoms with E-state index in [1.807, 2.05) is 20.8 Å². The number of methoxy groups -OCH3 is 1. The van der Waals surface area contributed by atoms with Crippen LogP contribution in [0.3, 0.4) is 0 Å². The Balaban J connectivity index is 2.96. The molecule has 0 aliphatic carbocycles. The minimum Gasteiger partial charge on any atom is -0.414 e. The third-order valence-electron chi connectivity index (χ3n) is 5.60. The molecule has 1 rings (SSSR count). The van der Waals surface area contributed by atoms with Crippen LogP contribution in [0.2, 0.25) is 18.1 Å². The lowest BCUT2D eigenvalue weighted by Crippen LogP contribution is -2.46. The molecule has 0 saturated carbocycles. The van der Waals surface area contributed by atoms with Crippen molar-refractivity contribution < 1.29 is 28.5 Å². The molecule has 1 N–H and O–H groups in total. The van der Waals surface area contributed by atoms with Crippen LogP contribution in [-0.4, -0.2) is 64.6 Å². The molecule has 0 bridgehead atoms. The van der Waals surface area contributed by atoms with Crippen molar-refractivity contribution in [2.45, 2.75) is 83.8 Å². The lowest BCUT2D eigenvalue weighted by molar-refractivity contribution is -0.154. The van der Waals surface area contributed by atoms with Gasteiger partial charge in [0.25, 0.3) is 0 Å². The summed E-state index contributed by atoms with van der Waals surface area (Å²) in [7, 11) is -0.373. The summed E-state index contributed by atoms with van der Waals surface area (Å²) < 4.78 is 28.8. The Kier molecular flexibility index (Phi) is 9.08. The van der Waals surface area contributed by atoms with E-state index < -0.39 is 26.3 Å². The van der Waals surface area contributed by atoms with Crippen molar-refractivity contribution in [2.75, 3.05) is 27.1 Å². The van der Waals surface area contributed by atoms with E-state index in [2.05, 4.69) is 40.4 Å². The molecule has 1 fully saturated rings. The normalized spacial score (nSPS) is 24.8. The topological polar surface area (TPSA) is 66.4 Å². The van der Waals surface area contributed by atoms with Crippen LogP contribution >= 0.6 is 0 Å². The Morgan fingerprint density at radius 3 is 2.39 bits per heavy atom. The van der Waals surface area contributed by atoms with Gasteiger partial charge in [0, 0.05) is 7.11 Å². The van der Waals surface area contributed by atoms with E-state index in [0.717, 1.165) is 11.1 Å². The first kappa shape index (κ1) is 25.5. The largest absolute Gasteiger partial charge is 0.414 e. The molecular weight excluding hydrogens is 376 g/mol. The van der Waals surface area contributed by atoms with Crippen LogP contribution in [0.25, 0.3) is 0 Å². The number of rotatable bonds is 10. The van der Waals surface area contributed by atoms with Crippen molar-refractivity contribution in [3.8, 4) is 0 Å². The molecule has 0 aromatic heterocycles. The van der Waals surface area contributed by atoms with Gasteiger partial charge in [-0.3, -0.25) is 0 Å². The van der Waals surface area contributed by atoms with Gasteiger partial charge in [0.2, 0.25) is 0 Å². The van der Waals surface area contributed by atoms with Crippen LogP contribution in [0.1, 0.15) is 41.5 Å². The van der Waals surface area contributed by atoms with Crippen LogP contribution in [-0.2, 0) is 23.4 Å². The van der Waals surface area contributed by atoms with E-state index >= 15 is 0 Å². The zero-order valence-corrected chi connectivity index (χ0v) is 20.1. The van der Waals surface area contributed by atoms with Crippen molar-refractivity contribution in [1.29, 1.82) is 0 Å².